The second-order valence-electron chi connectivity index (χ2n) is 6.42. The minimum absolute atomic E-state index is 0.441. The Kier molecular flexibility index (Phi) is 4.22. The molecule has 140 valence electrons. The van der Waals surface area contributed by atoms with Gasteiger partial charge in [0.15, 0.2) is 11.4 Å². The van der Waals surface area contributed by atoms with E-state index in [4.69, 9.17) is 14.5 Å². The van der Waals surface area contributed by atoms with Crippen LogP contribution in [0.2, 0.25) is 0 Å². The van der Waals surface area contributed by atoms with E-state index in [1.54, 1.807) is 13.3 Å². The maximum Gasteiger partial charge on any atom is 0.230 e. The Labute approximate surface area is 166 Å². The molecule has 0 saturated heterocycles. The summed E-state index contributed by atoms with van der Waals surface area (Å²) in [4.78, 5) is 17.8. The highest BCUT2D eigenvalue weighted by Gasteiger charge is 2.15. The van der Waals surface area contributed by atoms with Crippen molar-refractivity contribution in [2.45, 2.75) is 0 Å². The van der Waals surface area contributed by atoms with Gasteiger partial charge in [0.2, 0.25) is 5.88 Å². The van der Waals surface area contributed by atoms with E-state index in [0.717, 1.165) is 21.9 Å². The van der Waals surface area contributed by atoms with Crippen LogP contribution < -0.4 is 9.47 Å². The van der Waals surface area contributed by atoms with Crippen LogP contribution in [0.5, 0.6) is 17.4 Å². The van der Waals surface area contributed by atoms with Crippen molar-refractivity contribution in [2.24, 2.45) is 0 Å². The fourth-order valence-corrected chi connectivity index (χ4v) is 3.19. The number of aromatic nitrogens is 4. The maximum absolute atomic E-state index is 6.29. The Balaban J connectivity index is 1.70. The summed E-state index contributed by atoms with van der Waals surface area (Å²) in [5.41, 5.74) is 3.07. The summed E-state index contributed by atoms with van der Waals surface area (Å²) >= 11 is 0. The molecule has 0 N–H and O–H groups in total. The summed E-state index contributed by atoms with van der Waals surface area (Å²) in [6.07, 6.45) is 3.22. The Morgan fingerprint density at radius 2 is 1.72 bits per heavy atom. The molecule has 29 heavy (non-hydrogen) atoms. The van der Waals surface area contributed by atoms with Crippen molar-refractivity contribution in [1.82, 2.24) is 19.9 Å². The maximum atomic E-state index is 6.29. The average Bonchev–Trinajstić information content (AvgIpc) is 2.79. The van der Waals surface area contributed by atoms with Gasteiger partial charge in [-0.2, -0.15) is 0 Å². The fraction of sp³-hybridized carbons (Fsp3) is 0.0435. The van der Waals surface area contributed by atoms with Gasteiger partial charge in [0.05, 0.1) is 18.0 Å². The molecule has 0 unspecified atom stereocenters. The third kappa shape index (κ3) is 3.21. The normalized spacial score (nSPS) is 10.9. The molecular weight excluding hydrogens is 364 g/mol. The van der Waals surface area contributed by atoms with Gasteiger partial charge in [-0.15, -0.1) is 0 Å². The van der Waals surface area contributed by atoms with Gasteiger partial charge in [0.25, 0.3) is 0 Å². The van der Waals surface area contributed by atoms with E-state index in [2.05, 4.69) is 15.0 Å². The molecule has 2 aromatic carbocycles. The number of fused-ring (bicyclic) bond motifs is 2. The molecule has 0 saturated carbocycles. The van der Waals surface area contributed by atoms with Gasteiger partial charge in [-0.1, -0.05) is 30.3 Å². The molecule has 0 fully saturated rings. The zero-order valence-corrected chi connectivity index (χ0v) is 15.6. The molecule has 6 heteroatoms. The fourth-order valence-electron chi connectivity index (χ4n) is 3.19. The highest BCUT2D eigenvalue weighted by atomic mass is 16.5. The Hall–Kier alpha value is -4.06. The summed E-state index contributed by atoms with van der Waals surface area (Å²) in [5, 5.41) is 1.65. The number of nitrogens with zero attached hydrogens (tertiary/aromatic N) is 4. The molecule has 0 aliphatic rings. The summed E-state index contributed by atoms with van der Waals surface area (Å²) in [5.74, 6) is 1.75. The minimum Gasteiger partial charge on any atom is -0.497 e. The zero-order valence-electron chi connectivity index (χ0n) is 15.6. The molecule has 5 aromatic rings. The lowest BCUT2D eigenvalue weighted by Crippen LogP contribution is -1.97. The first kappa shape index (κ1) is 17.1. The average molecular weight is 380 g/mol. The first-order chi connectivity index (χ1) is 14.3. The van der Waals surface area contributed by atoms with Crippen LogP contribution in [0.4, 0.5) is 0 Å². The van der Waals surface area contributed by atoms with Crippen molar-refractivity contribution >= 4 is 21.9 Å². The van der Waals surface area contributed by atoms with Gasteiger partial charge >= 0.3 is 0 Å². The number of methoxy groups -OCH3 is 1. The number of ether oxygens (including phenoxy) is 2. The van der Waals surface area contributed by atoms with Crippen LogP contribution in [-0.4, -0.2) is 27.0 Å². The van der Waals surface area contributed by atoms with E-state index in [0.29, 0.717) is 28.7 Å². The molecule has 0 aliphatic carbocycles. The second kappa shape index (κ2) is 7.16. The quantitative estimate of drug-likeness (QED) is 0.435. The van der Waals surface area contributed by atoms with E-state index in [-0.39, 0.29) is 0 Å². The van der Waals surface area contributed by atoms with Gasteiger partial charge in [0.1, 0.15) is 17.8 Å². The lowest BCUT2D eigenvalue weighted by Gasteiger charge is -2.13. The summed E-state index contributed by atoms with van der Waals surface area (Å²) in [6.45, 7) is 0. The van der Waals surface area contributed by atoms with E-state index in [1.165, 1.54) is 6.33 Å². The first-order valence-corrected chi connectivity index (χ1v) is 9.09. The van der Waals surface area contributed by atoms with E-state index < -0.39 is 0 Å². The van der Waals surface area contributed by atoms with Gasteiger partial charge in [0, 0.05) is 17.1 Å². The predicted molar refractivity (Wildman–Crippen MR) is 111 cm³/mol. The lowest BCUT2D eigenvalue weighted by molar-refractivity contribution is 0.415. The third-order valence-electron chi connectivity index (χ3n) is 4.61. The Bertz CT molecular complexity index is 1320. The van der Waals surface area contributed by atoms with Crippen LogP contribution in [0.3, 0.4) is 0 Å². The van der Waals surface area contributed by atoms with Crippen LogP contribution in [0.25, 0.3) is 33.2 Å². The number of hydrogen-bond donors (Lipinski definition) is 0. The second-order valence-corrected chi connectivity index (χ2v) is 6.42. The smallest absolute Gasteiger partial charge is 0.230 e. The Morgan fingerprint density at radius 3 is 2.59 bits per heavy atom. The van der Waals surface area contributed by atoms with Crippen LogP contribution in [0.1, 0.15) is 0 Å². The molecule has 6 nitrogen and oxygen atoms in total. The van der Waals surface area contributed by atoms with Crippen molar-refractivity contribution in [3.05, 3.63) is 79.3 Å². The molecule has 0 aliphatic heterocycles. The van der Waals surface area contributed by atoms with E-state index in [9.17, 15) is 0 Å². The zero-order chi connectivity index (χ0) is 19.6. The van der Waals surface area contributed by atoms with Crippen molar-refractivity contribution in [3.8, 4) is 28.6 Å². The number of pyridine rings is 2. The van der Waals surface area contributed by atoms with Crippen molar-refractivity contribution in [3.63, 3.8) is 0 Å². The highest BCUT2D eigenvalue weighted by molar-refractivity contribution is 5.86. The largest absolute Gasteiger partial charge is 0.497 e. The van der Waals surface area contributed by atoms with Crippen molar-refractivity contribution < 1.29 is 9.47 Å². The molecule has 0 bridgehead atoms. The standard InChI is InChI=1S/C23H16N4O2/c1-28-17-9-10-19-18(13-17)23(26-14-25-19)29-20-12-16-8-5-11-24-22(16)27-21(20)15-6-3-2-4-7-15/h2-14H,1H3. The molecule has 0 radical (unpaired) electrons. The topological polar surface area (TPSA) is 70.0 Å². The van der Waals surface area contributed by atoms with Crippen LogP contribution >= 0.6 is 0 Å². The highest BCUT2D eigenvalue weighted by Crippen LogP contribution is 2.36. The molecule has 0 spiro atoms. The van der Waals surface area contributed by atoms with Crippen LogP contribution in [-0.2, 0) is 0 Å². The number of hydrogen-bond acceptors (Lipinski definition) is 6. The van der Waals surface area contributed by atoms with Crippen molar-refractivity contribution in [2.75, 3.05) is 7.11 Å². The molecule has 0 atom stereocenters. The molecule has 5 rings (SSSR count). The summed E-state index contributed by atoms with van der Waals surface area (Å²) in [6, 6.07) is 21.3. The van der Waals surface area contributed by atoms with E-state index in [1.807, 2.05) is 66.7 Å². The third-order valence-corrected chi connectivity index (χ3v) is 4.61. The molecule has 3 aromatic heterocycles. The number of rotatable bonds is 4. The lowest BCUT2D eigenvalue weighted by atomic mass is 10.1. The predicted octanol–water partition coefficient (Wildman–Crippen LogP) is 5.04. The summed E-state index contributed by atoms with van der Waals surface area (Å²) < 4.78 is 11.6. The van der Waals surface area contributed by atoms with Crippen LogP contribution in [0, 0.1) is 0 Å². The first-order valence-electron chi connectivity index (χ1n) is 9.09. The van der Waals surface area contributed by atoms with Gasteiger partial charge < -0.3 is 9.47 Å². The van der Waals surface area contributed by atoms with Crippen molar-refractivity contribution in [1.29, 1.82) is 0 Å². The van der Waals surface area contributed by atoms with E-state index >= 15 is 0 Å². The number of benzene rings is 2. The van der Waals surface area contributed by atoms with Gasteiger partial charge in [-0.3, -0.25) is 0 Å². The van der Waals surface area contributed by atoms with Gasteiger partial charge in [-0.05, 0) is 36.4 Å². The van der Waals surface area contributed by atoms with Gasteiger partial charge in [-0.25, -0.2) is 19.9 Å². The molecular formula is C23H16N4O2. The molecule has 3 heterocycles. The SMILES string of the molecule is COc1ccc2ncnc(Oc3cc4cccnc4nc3-c3ccccc3)c2c1. The van der Waals surface area contributed by atoms with Crippen LogP contribution in [0.15, 0.2) is 79.3 Å². The molecule has 0 amide bonds. The monoisotopic (exact) mass is 380 g/mol. The minimum atomic E-state index is 0.441. The summed E-state index contributed by atoms with van der Waals surface area (Å²) in [7, 11) is 1.62. The Morgan fingerprint density at radius 1 is 0.828 bits per heavy atom.